The average Bonchev–Trinajstić information content (AvgIpc) is 2.91. The van der Waals surface area contributed by atoms with E-state index in [1.807, 2.05) is 30.3 Å². The molecular weight excluding hydrogens is 276 g/mol. The summed E-state index contributed by atoms with van der Waals surface area (Å²) in [6.45, 7) is 2.76. The first-order valence-corrected chi connectivity index (χ1v) is 6.67. The lowest BCUT2D eigenvalue weighted by atomic mass is 10.1. The summed E-state index contributed by atoms with van der Waals surface area (Å²) in [6, 6.07) is 10.2. The average molecular weight is 295 g/mol. The van der Waals surface area contributed by atoms with Gasteiger partial charge in [-0.3, -0.25) is 4.90 Å². The molecule has 0 saturated carbocycles. The van der Waals surface area contributed by atoms with Crippen LogP contribution in [0, 0.1) is 0 Å². The van der Waals surface area contributed by atoms with Crippen molar-refractivity contribution in [2.75, 3.05) is 13.1 Å². The Balaban J connectivity index is 0.00000147. The Hall–Kier alpha value is -1.43. The van der Waals surface area contributed by atoms with E-state index in [9.17, 15) is 0 Å². The molecule has 3 rings (SSSR count). The van der Waals surface area contributed by atoms with E-state index in [-0.39, 0.29) is 12.4 Å². The van der Waals surface area contributed by atoms with Crippen molar-refractivity contribution in [3.05, 3.63) is 36.2 Å². The Labute approximate surface area is 124 Å². The quantitative estimate of drug-likeness (QED) is 0.939. The molecule has 20 heavy (non-hydrogen) atoms. The van der Waals surface area contributed by atoms with E-state index in [2.05, 4.69) is 15.0 Å². The molecule has 1 aliphatic rings. The standard InChI is InChI=1S/C14H18N4O.ClH/c15-12-6-8-18(9-7-12)10-13-16-14(19-17-13)11-4-2-1-3-5-11;/h1-5,12H,6-10,15H2;1H. The van der Waals surface area contributed by atoms with E-state index in [1.54, 1.807) is 0 Å². The largest absolute Gasteiger partial charge is 0.334 e. The van der Waals surface area contributed by atoms with Gasteiger partial charge in [0.05, 0.1) is 6.54 Å². The van der Waals surface area contributed by atoms with Crippen LogP contribution in [0.2, 0.25) is 0 Å². The van der Waals surface area contributed by atoms with Gasteiger partial charge in [0.1, 0.15) is 0 Å². The summed E-state index contributed by atoms with van der Waals surface area (Å²) in [7, 11) is 0. The lowest BCUT2D eigenvalue weighted by Crippen LogP contribution is -2.39. The first-order chi connectivity index (χ1) is 9.31. The van der Waals surface area contributed by atoms with Crippen molar-refractivity contribution in [2.45, 2.75) is 25.4 Å². The third-order valence-electron chi connectivity index (χ3n) is 3.49. The molecule has 2 aromatic rings. The Morgan fingerprint density at radius 3 is 2.60 bits per heavy atom. The van der Waals surface area contributed by atoms with E-state index < -0.39 is 0 Å². The first kappa shape index (κ1) is 15.0. The zero-order chi connectivity index (χ0) is 13.1. The number of nitrogens with two attached hydrogens (primary N) is 1. The van der Waals surface area contributed by atoms with Crippen molar-refractivity contribution in [1.29, 1.82) is 0 Å². The fraction of sp³-hybridized carbons (Fsp3) is 0.429. The van der Waals surface area contributed by atoms with E-state index in [1.165, 1.54) is 0 Å². The fourth-order valence-electron chi connectivity index (χ4n) is 2.33. The van der Waals surface area contributed by atoms with Gasteiger partial charge in [0.25, 0.3) is 5.89 Å². The van der Waals surface area contributed by atoms with Gasteiger partial charge in [-0.2, -0.15) is 4.98 Å². The van der Waals surface area contributed by atoms with Crippen LogP contribution in [0.5, 0.6) is 0 Å². The summed E-state index contributed by atoms with van der Waals surface area (Å²) in [6.07, 6.45) is 2.09. The van der Waals surface area contributed by atoms with Gasteiger partial charge in [0, 0.05) is 24.7 Å². The third kappa shape index (κ3) is 3.56. The maximum absolute atomic E-state index is 5.89. The number of rotatable bonds is 3. The lowest BCUT2D eigenvalue weighted by molar-refractivity contribution is 0.199. The predicted octanol–water partition coefficient (Wildman–Crippen LogP) is 2.08. The van der Waals surface area contributed by atoms with E-state index in [0.29, 0.717) is 11.9 Å². The number of nitrogens with zero attached hydrogens (tertiary/aromatic N) is 3. The summed E-state index contributed by atoms with van der Waals surface area (Å²) in [5.74, 6) is 1.33. The van der Waals surface area contributed by atoms with Gasteiger partial charge in [-0.25, -0.2) is 0 Å². The maximum Gasteiger partial charge on any atom is 0.257 e. The highest BCUT2D eigenvalue weighted by Crippen LogP contribution is 2.17. The molecular formula is C14H19ClN4O. The molecule has 1 aromatic carbocycles. The number of hydrogen-bond donors (Lipinski definition) is 1. The molecule has 2 N–H and O–H groups in total. The number of aromatic nitrogens is 2. The van der Waals surface area contributed by atoms with Gasteiger partial charge >= 0.3 is 0 Å². The molecule has 2 heterocycles. The molecule has 6 heteroatoms. The van der Waals surface area contributed by atoms with Crippen molar-refractivity contribution in [1.82, 2.24) is 15.0 Å². The van der Waals surface area contributed by atoms with Crippen molar-refractivity contribution in [3.63, 3.8) is 0 Å². The summed E-state index contributed by atoms with van der Waals surface area (Å²) >= 11 is 0. The molecule has 0 unspecified atom stereocenters. The van der Waals surface area contributed by atoms with Crippen molar-refractivity contribution < 1.29 is 4.52 Å². The molecule has 0 radical (unpaired) electrons. The first-order valence-electron chi connectivity index (χ1n) is 6.67. The Morgan fingerprint density at radius 1 is 1.20 bits per heavy atom. The number of benzene rings is 1. The van der Waals surface area contributed by atoms with E-state index >= 15 is 0 Å². The highest BCUT2D eigenvalue weighted by Gasteiger charge is 2.18. The van der Waals surface area contributed by atoms with Crippen LogP contribution in [0.3, 0.4) is 0 Å². The smallest absolute Gasteiger partial charge is 0.257 e. The molecule has 0 bridgehead atoms. The minimum absolute atomic E-state index is 0. The highest BCUT2D eigenvalue weighted by atomic mass is 35.5. The van der Waals surface area contributed by atoms with Crippen LogP contribution < -0.4 is 5.73 Å². The highest BCUT2D eigenvalue weighted by molar-refractivity contribution is 5.85. The number of likely N-dealkylation sites (tertiary alicyclic amines) is 1. The second kappa shape index (κ2) is 6.83. The van der Waals surface area contributed by atoms with E-state index in [4.69, 9.17) is 10.3 Å². The summed E-state index contributed by atoms with van der Waals surface area (Å²) in [5.41, 5.74) is 6.85. The van der Waals surface area contributed by atoms with Crippen LogP contribution in [0.15, 0.2) is 34.9 Å². The van der Waals surface area contributed by atoms with Crippen LogP contribution in [-0.4, -0.2) is 34.2 Å². The lowest BCUT2D eigenvalue weighted by Gasteiger charge is -2.28. The summed E-state index contributed by atoms with van der Waals surface area (Å²) in [4.78, 5) is 6.77. The third-order valence-corrected chi connectivity index (χ3v) is 3.49. The molecule has 0 atom stereocenters. The van der Waals surface area contributed by atoms with Gasteiger partial charge in [0.15, 0.2) is 5.82 Å². The molecule has 1 aliphatic heterocycles. The van der Waals surface area contributed by atoms with Crippen molar-refractivity contribution >= 4 is 12.4 Å². The minimum Gasteiger partial charge on any atom is -0.334 e. The molecule has 5 nitrogen and oxygen atoms in total. The van der Waals surface area contributed by atoms with Crippen LogP contribution in [0.25, 0.3) is 11.5 Å². The van der Waals surface area contributed by atoms with Crippen LogP contribution in [0.4, 0.5) is 0 Å². The number of piperidine rings is 1. The van der Waals surface area contributed by atoms with Crippen LogP contribution in [-0.2, 0) is 6.54 Å². The predicted molar refractivity (Wildman–Crippen MR) is 79.5 cm³/mol. The molecule has 1 aromatic heterocycles. The van der Waals surface area contributed by atoms with Gasteiger partial charge in [0.2, 0.25) is 0 Å². The molecule has 0 spiro atoms. The number of halogens is 1. The van der Waals surface area contributed by atoms with Crippen LogP contribution in [0.1, 0.15) is 18.7 Å². The number of hydrogen-bond acceptors (Lipinski definition) is 5. The summed E-state index contributed by atoms with van der Waals surface area (Å²) in [5, 5.41) is 4.05. The Bertz CT molecular complexity index is 523. The zero-order valence-corrected chi connectivity index (χ0v) is 12.1. The second-order valence-corrected chi connectivity index (χ2v) is 5.00. The van der Waals surface area contributed by atoms with Gasteiger partial charge in [-0.05, 0) is 25.0 Å². The SMILES string of the molecule is Cl.NC1CCN(Cc2noc(-c3ccccc3)n2)CC1. The van der Waals surface area contributed by atoms with E-state index in [0.717, 1.165) is 43.9 Å². The minimum atomic E-state index is 0. The second-order valence-electron chi connectivity index (χ2n) is 5.00. The van der Waals surface area contributed by atoms with Gasteiger partial charge < -0.3 is 10.3 Å². The van der Waals surface area contributed by atoms with Gasteiger partial charge in [-0.1, -0.05) is 23.4 Å². The maximum atomic E-state index is 5.89. The van der Waals surface area contributed by atoms with Crippen molar-refractivity contribution in [2.24, 2.45) is 5.73 Å². The monoisotopic (exact) mass is 294 g/mol. The molecule has 0 aliphatic carbocycles. The molecule has 108 valence electrons. The fourth-order valence-corrected chi connectivity index (χ4v) is 2.33. The normalized spacial score (nSPS) is 16.9. The molecule has 1 saturated heterocycles. The Morgan fingerprint density at radius 2 is 1.90 bits per heavy atom. The summed E-state index contributed by atoms with van der Waals surface area (Å²) < 4.78 is 5.30. The van der Waals surface area contributed by atoms with Crippen molar-refractivity contribution in [3.8, 4) is 11.5 Å². The topological polar surface area (TPSA) is 68.2 Å². The van der Waals surface area contributed by atoms with Gasteiger partial charge in [-0.15, -0.1) is 12.4 Å². The molecule has 1 fully saturated rings. The van der Waals surface area contributed by atoms with Crippen LogP contribution >= 0.6 is 12.4 Å². The molecule has 0 amide bonds. The zero-order valence-electron chi connectivity index (χ0n) is 11.2. The Kier molecular flexibility index (Phi) is 5.11.